The molecule has 1 amide bonds. The molecular formula is C30H28Cl2N8O3. The SMILES string of the molecule is CN1CCc2c(nc(C(=O)Nc3cccc(-c4cccc(-n5cc6cc(CNCC(=O)O)cnc6n5)c4Cl)c3Cl)n2C)C1. The van der Waals surface area contributed by atoms with Crippen LogP contribution in [0.25, 0.3) is 27.8 Å². The second kappa shape index (κ2) is 11.8. The van der Waals surface area contributed by atoms with Gasteiger partial charge in [-0.3, -0.25) is 9.59 Å². The second-order valence-electron chi connectivity index (χ2n) is 10.5. The van der Waals surface area contributed by atoms with Crippen LogP contribution < -0.4 is 10.6 Å². The van der Waals surface area contributed by atoms with Crippen molar-refractivity contribution in [1.82, 2.24) is 34.5 Å². The van der Waals surface area contributed by atoms with E-state index in [1.54, 1.807) is 16.9 Å². The Balaban J connectivity index is 1.27. The van der Waals surface area contributed by atoms with Gasteiger partial charge in [0.25, 0.3) is 5.91 Å². The Kier molecular flexibility index (Phi) is 7.89. The minimum absolute atomic E-state index is 0.143. The Morgan fingerprint density at radius 1 is 1.07 bits per heavy atom. The predicted octanol–water partition coefficient (Wildman–Crippen LogP) is 4.54. The summed E-state index contributed by atoms with van der Waals surface area (Å²) in [5, 5.41) is 20.8. The summed E-state index contributed by atoms with van der Waals surface area (Å²) < 4.78 is 3.51. The molecular weight excluding hydrogens is 591 g/mol. The molecule has 3 aromatic heterocycles. The van der Waals surface area contributed by atoms with Gasteiger partial charge in [-0.15, -0.1) is 5.10 Å². The number of rotatable bonds is 8. The van der Waals surface area contributed by atoms with Gasteiger partial charge in [-0.05, 0) is 30.8 Å². The number of carboxylic acid groups (broad SMARTS) is 1. The van der Waals surface area contributed by atoms with Gasteiger partial charge in [0.1, 0.15) is 0 Å². The highest BCUT2D eigenvalue weighted by Crippen LogP contribution is 2.39. The van der Waals surface area contributed by atoms with Crippen LogP contribution in [0.3, 0.4) is 0 Å². The molecule has 220 valence electrons. The standard InChI is InChI=1S/C30H28Cl2N8O3/c1-38-10-9-23-22(16-38)35-29(39(23)2)30(43)36-21-7-3-5-19(26(21)31)20-6-4-8-24(27(20)32)40-15-18-11-17(12-33-14-25(41)42)13-34-28(18)37-40/h3-8,11,13,15,33H,9-10,12,14,16H2,1-2H3,(H,36,43)(H,41,42). The third-order valence-electron chi connectivity index (χ3n) is 7.43. The minimum atomic E-state index is -0.927. The third kappa shape index (κ3) is 5.72. The smallest absolute Gasteiger partial charge is 0.317 e. The molecule has 5 aromatic rings. The number of aromatic nitrogens is 5. The molecule has 0 fully saturated rings. The number of amides is 1. The van der Waals surface area contributed by atoms with Gasteiger partial charge < -0.3 is 25.2 Å². The first-order valence-electron chi connectivity index (χ1n) is 13.6. The zero-order valence-corrected chi connectivity index (χ0v) is 24.9. The molecule has 0 saturated carbocycles. The summed E-state index contributed by atoms with van der Waals surface area (Å²) in [4.78, 5) is 35.3. The number of halogens is 2. The van der Waals surface area contributed by atoms with Crippen LogP contribution in [0.5, 0.6) is 0 Å². The number of carbonyl (C=O) groups excluding carboxylic acids is 1. The van der Waals surface area contributed by atoms with Gasteiger partial charge in [-0.2, -0.15) is 0 Å². The lowest BCUT2D eigenvalue weighted by molar-refractivity contribution is -0.136. The van der Waals surface area contributed by atoms with E-state index in [2.05, 4.69) is 30.6 Å². The van der Waals surface area contributed by atoms with Gasteiger partial charge in [0.05, 0.1) is 33.7 Å². The summed E-state index contributed by atoms with van der Waals surface area (Å²) in [6.45, 7) is 1.84. The summed E-state index contributed by atoms with van der Waals surface area (Å²) in [5.41, 5.74) is 5.72. The van der Waals surface area contributed by atoms with Crippen LogP contribution in [0, 0.1) is 0 Å². The summed E-state index contributed by atoms with van der Waals surface area (Å²) in [7, 11) is 3.90. The maximum absolute atomic E-state index is 13.3. The van der Waals surface area contributed by atoms with Gasteiger partial charge in [0, 0.05) is 67.7 Å². The van der Waals surface area contributed by atoms with E-state index in [0.29, 0.717) is 57.1 Å². The number of nitrogens with one attached hydrogen (secondary N) is 2. The van der Waals surface area contributed by atoms with Crippen molar-refractivity contribution in [3.05, 3.63) is 87.7 Å². The third-order valence-corrected chi connectivity index (χ3v) is 8.24. The maximum atomic E-state index is 13.3. The van der Waals surface area contributed by atoms with Crippen LogP contribution in [-0.4, -0.2) is 66.3 Å². The first-order valence-corrected chi connectivity index (χ1v) is 14.3. The molecule has 0 saturated heterocycles. The van der Waals surface area contributed by atoms with E-state index in [1.165, 1.54) is 0 Å². The molecule has 0 aliphatic carbocycles. The van der Waals surface area contributed by atoms with Crippen molar-refractivity contribution < 1.29 is 14.7 Å². The van der Waals surface area contributed by atoms with Gasteiger partial charge in [0.15, 0.2) is 11.5 Å². The normalized spacial score (nSPS) is 13.3. The molecule has 3 N–H and O–H groups in total. The van der Waals surface area contributed by atoms with E-state index in [1.807, 2.05) is 61.3 Å². The Morgan fingerprint density at radius 3 is 2.63 bits per heavy atom. The molecule has 0 radical (unpaired) electrons. The van der Waals surface area contributed by atoms with Crippen LogP contribution in [0.4, 0.5) is 5.69 Å². The van der Waals surface area contributed by atoms with Crippen molar-refractivity contribution in [2.24, 2.45) is 7.05 Å². The van der Waals surface area contributed by atoms with Crippen molar-refractivity contribution in [2.75, 3.05) is 25.5 Å². The van der Waals surface area contributed by atoms with E-state index in [4.69, 9.17) is 28.3 Å². The summed E-state index contributed by atoms with van der Waals surface area (Å²) in [5.74, 6) is -0.933. The Bertz CT molecular complexity index is 1880. The van der Waals surface area contributed by atoms with Crippen LogP contribution in [0.15, 0.2) is 54.9 Å². The fourth-order valence-corrected chi connectivity index (χ4v) is 5.87. The molecule has 2 aromatic carbocycles. The van der Waals surface area contributed by atoms with E-state index in [0.717, 1.165) is 35.3 Å². The minimum Gasteiger partial charge on any atom is -0.480 e. The van der Waals surface area contributed by atoms with Crippen molar-refractivity contribution in [3.8, 4) is 16.8 Å². The zero-order valence-electron chi connectivity index (χ0n) is 23.4. The highest BCUT2D eigenvalue weighted by Gasteiger charge is 2.25. The molecule has 1 aliphatic rings. The lowest BCUT2D eigenvalue weighted by atomic mass is 10.0. The van der Waals surface area contributed by atoms with E-state index >= 15 is 0 Å². The second-order valence-corrected chi connectivity index (χ2v) is 11.2. The number of imidazole rings is 1. The molecule has 0 bridgehead atoms. The molecule has 0 unspecified atom stereocenters. The van der Waals surface area contributed by atoms with E-state index < -0.39 is 5.97 Å². The number of carboxylic acids is 1. The number of nitrogens with zero attached hydrogens (tertiary/aromatic N) is 6. The molecule has 43 heavy (non-hydrogen) atoms. The van der Waals surface area contributed by atoms with Gasteiger partial charge in [-0.1, -0.05) is 47.5 Å². The van der Waals surface area contributed by atoms with Crippen LogP contribution in [0.1, 0.15) is 27.6 Å². The highest BCUT2D eigenvalue weighted by molar-refractivity contribution is 6.39. The number of carbonyl (C=O) groups is 2. The Labute approximate surface area is 257 Å². The number of aliphatic carboxylic acids is 1. The summed E-state index contributed by atoms with van der Waals surface area (Å²) in [6.07, 6.45) is 4.31. The average Bonchev–Trinajstić information content (AvgIpc) is 3.54. The lowest BCUT2D eigenvalue weighted by Gasteiger charge is -2.21. The average molecular weight is 620 g/mol. The number of benzene rings is 2. The molecule has 13 heteroatoms. The molecule has 0 spiro atoms. The van der Waals surface area contributed by atoms with E-state index in [-0.39, 0.29) is 12.5 Å². The lowest BCUT2D eigenvalue weighted by Crippen LogP contribution is -2.27. The molecule has 6 rings (SSSR count). The first kappa shape index (κ1) is 28.8. The number of likely N-dealkylation sites (N-methyl/N-ethyl adjacent to an activating group) is 1. The fraction of sp³-hybridized carbons (Fsp3) is 0.233. The van der Waals surface area contributed by atoms with Crippen LogP contribution in [0.2, 0.25) is 10.0 Å². The van der Waals surface area contributed by atoms with Crippen LogP contribution >= 0.6 is 23.2 Å². The molecule has 11 nitrogen and oxygen atoms in total. The van der Waals surface area contributed by atoms with Crippen molar-refractivity contribution in [3.63, 3.8) is 0 Å². The number of hydrogen-bond acceptors (Lipinski definition) is 7. The zero-order chi connectivity index (χ0) is 30.2. The highest BCUT2D eigenvalue weighted by atomic mass is 35.5. The predicted molar refractivity (Wildman–Crippen MR) is 165 cm³/mol. The molecule has 1 aliphatic heterocycles. The molecule has 4 heterocycles. The van der Waals surface area contributed by atoms with Gasteiger partial charge in [-0.25, -0.2) is 14.6 Å². The number of fused-ring (bicyclic) bond motifs is 2. The molecule has 0 atom stereocenters. The number of hydrogen-bond donors (Lipinski definition) is 3. The fourth-order valence-electron chi connectivity index (χ4n) is 5.28. The topological polar surface area (TPSA) is 130 Å². The number of anilines is 1. The summed E-state index contributed by atoms with van der Waals surface area (Å²) >= 11 is 13.8. The van der Waals surface area contributed by atoms with Crippen molar-refractivity contribution >= 4 is 51.8 Å². The van der Waals surface area contributed by atoms with Gasteiger partial charge >= 0.3 is 5.97 Å². The monoisotopic (exact) mass is 618 g/mol. The largest absolute Gasteiger partial charge is 0.480 e. The number of pyridine rings is 1. The quantitative estimate of drug-likeness (QED) is 0.231. The van der Waals surface area contributed by atoms with Crippen molar-refractivity contribution in [1.29, 1.82) is 0 Å². The van der Waals surface area contributed by atoms with E-state index in [9.17, 15) is 9.59 Å². The maximum Gasteiger partial charge on any atom is 0.317 e. The van der Waals surface area contributed by atoms with Gasteiger partial charge in [0.2, 0.25) is 0 Å². The van der Waals surface area contributed by atoms with Crippen molar-refractivity contribution in [2.45, 2.75) is 19.5 Å². The summed E-state index contributed by atoms with van der Waals surface area (Å²) in [6, 6.07) is 12.8. The Hall–Kier alpha value is -4.29. The van der Waals surface area contributed by atoms with Crippen LogP contribution in [-0.2, 0) is 31.4 Å². The Morgan fingerprint density at radius 2 is 1.84 bits per heavy atom. The first-order chi connectivity index (χ1) is 20.7.